The Morgan fingerprint density at radius 2 is 1.95 bits per heavy atom. The summed E-state index contributed by atoms with van der Waals surface area (Å²) in [6.07, 6.45) is 0.321. The highest BCUT2D eigenvalue weighted by Gasteiger charge is 2.07. The third-order valence-electron chi connectivity index (χ3n) is 3.15. The van der Waals surface area contributed by atoms with Gasteiger partial charge in [-0.25, -0.2) is 8.78 Å². The van der Waals surface area contributed by atoms with Crippen LogP contribution in [0.2, 0.25) is 0 Å². The van der Waals surface area contributed by atoms with Gasteiger partial charge in [0.1, 0.15) is 16.5 Å². The second-order valence-electron chi connectivity index (χ2n) is 4.58. The summed E-state index contributed by atoms with van der Waals surface area (Å²) in [7, 11) is 0. The molecule has 0 aliphatic rings. The first-order valence-corrected chi connectivity index (χ1v) is 7.48. The quantitative estimate of drug-likeness (QED) is 0.747. The second kappa shape index (κ2) is 5.50. The number of H-pyrrole nitrogens is 1. The van der Waals surface area contributed by atoms with Crippen molar-refractivity contribution in [3.63, 3.8) is 0 Å². The lowest BCUT2D eigenvalue weighted by Crippen LogP contribution is -2.22. The molecule has 0 atom stereocenters. The normalized spacial score (nSPS) is 11.1. The Hall–Kier alpha value is -1.86. The smallest absolute Gasteiger partial charge is 0.263 e. The van der Waals surface area contributed by atoms with E-state index in [2.05, 4.69) is 4.98 Å². The van der Waals surface area contributed by atoms with Gasteiger partial charge in [-0.15, -0.1) is 11.3 Å². The van der Waals surface area contributed by atoms with Crippen LogP contribution in [0.25, 0.3) is 10.2 Å². The zero-order valence-corrected chi connectivity index (χ0v) is 12.4. The summed E-state index contributed by atoms with van der Waals surface area (Å²) in [4.78, 5) is 16.0. The molecule has 3 aromatic rings. The minimum atomic E-state index is -0.629. The first kappa shape index (κ1) is 14.1. The summed E-state index contributed by atoms with van der Waals surface area (Å²) >= 11 is 6.57. The summed E-state index contributed by atoms with van der Waals surface area (Å²) in [6.45, 7) is 0.267. The van der Waals surface area contributed by atoms with Gasteiger partial charge >= 0.3 is 0 Å². The van der Waals surface area contributed by atoms with Crippen LogP contribution in [-0.4, -0.2) is 9.55 Å². The van der Waals surface area contributed by atoms with E-state index < -0.39 is 11.6 Å². The highest BCUT2D eigenvalue weighted by molar-refractivity contribution is 7.71. The number of benzene rings is 1. The van der Waals surface area contributed by atoms with Gasteiger partial charge < -0.3 is 4.98 Å². The van der Waals surface area contributed by atoms with Gasteiger partial charge in [0.15, 0.2) is 4.77 Å². The number of aromatic amines is 1. The molecule has 2 aromatic heterocycles. The number of hydrogen-bond donors (Lipinski definition) is 1. The molecule has 0 aliphatic carbocycles. The molecule has 1 N–H and O–H groups in total. The van der Waals surface area contributed by atoms with E-state index in [1.807, 2.05) is 5.38 Å². The van der Waals surface area contributed by atoms with Crippen LogP contribution in [0.3, 0.4) is 0 Å². The van der Waals surface area contributed by atoms with Gasteiger partial charge in [-0.3, -0.25) is 9.36 Å². The summed E-state index contributed by atoms with van der Waals surface area (Å²) in [5.41, 5.74) is 0.297. The maximum absolute atomic E-state index is 13.1. The molecule has 0 spiro atoms. The molecule has 0 fully saturated rings. The van der Waals surface area contributed by atoms with E-state index >= 15 is 0 Å². The van der Waals surface area contributed by atoms with Crippen molar-refractivity contribution in [1.82, 2.24) is 9.55 Å². The van der Waals surface area contributed by atoms with Crippen molar-refractivity contribution in [3.8, 4) is 0 Å². The van der Waals surface area contributed by atoms with Crippen molar-refractivity contribution in [1.29, 1.82) is 0 Å². The summed E-state index contributed by atoms with van der Waals surface area (Å²) in [5, 5.41) is 2.38. The van der Waals surface area contributed by atoms with Crippen LogP contribution >= 0.6 is 23.6 Å². The fourth-order valence-electron chi connectivity index (χ4n) is 2.18. The molecule has 0 amide bonds. The number of fused-ring (bicyclic) bond motifs is 1. The Morgan fingerprint density at radius 3 is 2.67 bits per heavy atom. The molecule has 0 radical (unpaired) electrons. The van der Waals surface area contributed by atoms with Crippen molar-refractivity contribution >= 4 is 33.8 Å². The van der Waals surface area contributed by atoms with Crippen LogP contribution in [0, 0.1) is 16.4 Å². The van der Waals surface area contributed by atoms with Gasteiger partial charge in [0.05, 0.1) is 5.39 Å². The molecule has 0 saturated heterocycles. The minimum Gasteiger partial charge on any atom is -0.323 e. The Balaban J connectivity index is 1.95. The lowest BCUT2D eigenvalue weighted by Gasteiger charge is -2.07. The number of halogens is 2. The lowest BCUT2D eigenvalue weighted by atomic mass is 10.1. The number of aromatic nitrogens is 2. The van der Waals surface area contributed by atoms with Crippen molar-refractivity contribution < 1.29 is 8.78 Å². The number of nitrogens with zero attached hydrogens (tertiary/aromatic N) is 1. The maximum atomic E-state index is 13.1. The average Bonchev–Trinajstić information content (AvgIpc) is 2.85. The van der Waals surface area contributed by atoms with Crippen LogP contribution in [0.15, 0.2) is 34.4 Å². The van der Waals surface area contributed by atoms with Crippen LogP contribution in [-0.2, 0) is 13.0 Å². The van der Waals surface area contributed by atoms with E-state index in [1.54, 1.807) is 6.07 Å². The highest BCUT2D eigenvalue weighted by atomic mass is 32.1. The summed E-state index contributed by atoms with van der Waals surface area (Å²) in [6, 6.07) is 5.05. The third kappa shape index (κ3) is 2.79. The number of thiophene rings is 1. The van der Waals surface area contributed by atoms with E-state index in [0.717, 1.165) is 10.9 Å². The van der Waals surface area contributed by atoms with Crippen molar-refractivity contribution in [3.05, 3.63) is 62.0 Å². The van der Waals surface area contributed by atoms with Gasteiger partial charge in [0.25, 0.3) is 5.56 Å². The Morgan fingerprint density at radius 1 is 1.24 bits per heavy atom. The molecule has 0 saturated carbocycles. The first-order chi connectivity index (χ1) is 10.0. The van der Waals surface area contributed by atoms with Crippen LogP contribution in [0.1, 0.15) is 5.56 Å². The monoisotopic (exact) mass is 324 g/mol. The molecule has 7 heteroatoms. The molecule has 0 bridgehead atoms. The number of aryl methyl sites for hydroxylation is 1. The van der Waals surface area contributed by atoms with E-state index in [4.69, 9.17) is 12.2 Å². The molecule has 0 aliphatic heterocycles. The topological polar surface area (TPSA) is 37.8 Å². The van der Waals surface area contributed by atoms with Crippen molar-refractivity contribution in [2.45, 2.75) is 13.0 Å². The largest absolute Gasteiger partial charge is 0.323 e. The Bertz CT molecular complexity index is 906. The van der Waals surface area contributed by atoms with E-state index in [9.17, 15) is 13.6 Å². The Labute approximate surface area is 127 Å². The maximum Gasteiger partial charge on any atom is 0.263 e. The molecular weight excluding hydrogens is 314 g/mol. The van der Waals surface area contributed by atoms with E-state index in [0.29, 0.717) is 22.1 Å². The average molecular weight is 324 g/mol. The SMILES string of the molecule is O=c1c2ccsc2[nH]c(=S)n1CCc1cc(F)cc(F)c1. The molecule has 108 valence electrons. The molecule has 2 heterocycles. The van der Waals surface area contributed by atoms with Gasteiger partial charge in [-0.1, -0.05) is 0 Å². The lowest BCUT2D eigenvalue weighted by molar-refractivity contribution is 0.575. The number of rotatable bonds is 3. The fraction of sp³-hybridized carbons (Fsp3) is 0.143. The van der Waals surface area contributed by atoms with Crippen LogP contribution < -0.4 is 5.56 Å². The molecule has 3 rings (SSSR count). The Kier molecular flexibility index (Phi) is 3.69. The van der Waals surface area contributed by atoms with Crippen LogP contribution in [0.4, 0.5) is 8.78 Å². The van der Waals surface area contributed by atoms with Crippen molar-refractivity contribution in [2.75, 3.05) is 0 Å². The van der Waals surface area contributed by atoms with E-state index in [-0.39, 0.29) is 12.1 Å². The fourth-order valence-corrected chi connectivity index (χ4v) is 3.29. The van der Waals surface area contributed by atoms with Gasteiger partial charge in [0.2, 0.25) is 0 Å². The second-order valence-corrected chi connectivity index (χ2v) is 5.88. The number of hydrogen-bond acceptors (Lipinski definition) is 3. The zero-order chi connectivity index (χ0) is 15.0. The molecule has 1 aromatic carbocycles. The van der Waals surface area contributed by atoms with Crippen LogP contribution in [0.5, 0.6) is 0 Å². The molecule has 3 nitrogen and oxygen atoms in total. The minimum absolute atomic E-state index is 0.188. The predicted octanol–water partition coefficient (Wildman–Crippen LogP) is 3.64. The predicted molar refractivity (Wildman–Crippen MR) is 81.3 cm³/mol. The van der Waals surface area contributed by atoms with Gasteiger partial charge in [0, 0.05) is 12.6 Å². The molecule has 21 heavy (non-hydrogen) atoms. The van der Waals surface area contributed by atoms with Gasteiger partial charge in [-0.2, -0.15) is 0 Å². The van der Waals surface area contributed by atoms with Gasteiger partial charge in [-0.05, 0) is 47.8 Å². The standard InChI is InChI=1S/C14H10F2N2OS2/c15-9-5-8(6-10(16)7-9)1-3-18-13(19)11-2-4-21-12(11)17-14(18)20/h2,4-7H,1,3H2,(H,17,20). The zero-order valence-electron chi connectivity index (χ0n) is 10.7. The highest BCUT2D eigenvalue weighted by Crippen LogP contribution is 2.14. The van der Waals surface area contributed by atoms with Crippen molar-refractivity contribution in [2.24, 2.45) is 0 Å². The number of nitrogens with one attached hydrogen (secondary N) is 1. The summed E-state index contributed by atoms with van der Waals surface area (Å²) in [5.74, 6) is -1.26. The first-order valence-electron chi connectivity index (χ1n) is 6.20. The van der Waals surface area contributed by atoms with E-state index in [1.165, 1.54) is 28.0 Å². The third-order valence-corrected chi connectivity index (χ3v) is 4.31. The molecule has 0 unspecified atom stereocenters. The summed E-state index contributed by atoms with van der Waals surface area (Å²) < 4.78 is 28.0. The molecular formula is C14H10F2N2OS2.